The van der Waals surface area contributed by atoms with E-state index in [0.717, 1.165) is 94.6 Å². The first-order chi connectivity index (χ1) is 41.3. The minimum absolute atomic E-state index is 0. The molecule has 0 aliphatic heterocycles. The molecule has 3 fully saturated rings. The van der Waals surface area contributed by atoms with Crippen LogP contribution < -0.4 is 67.5 Å². The zero-order chi connectivity index (χ0) is 62.7. The van der Waals surface area contributed by atoms with Gasteiger partial charge < -0.3 is 51.0 Å². The van der Waals surface area contributed by atoms with E-state index in [-0.39, 0.29) is 48.3 Å². The first kappa shape index (κ1) is 68.1. The molecule has 3 aromatic heterocycles. The summed E-state index contributed by atoms with van der Waals surface area (Å²) in [5.41, 5.74) is 5.69. The number of carbonyl (C=O) groups is 3. The lowest BCUT2D eigenvalue weighted by Gasteiger charge is -2.14. The van der Waals surface area contributed by atoms with Gasteiger partial charge in [-0.15, -0.1) is 0 Å². The van der Waals surface area contributed by atoms with Crippen LogP contribution in [0.3, 0.4) is 0 Å². The molecule has 24 nitrogen and oxygen atoms in total. The lowest BCUT2D eigenvalue weighted by atomic mass is 10.2. The zero-order valence-corrected chi connectivity index (χ0v) is 48.7. The van der Waals surface area contributed by atoms with E-state index in [1.54, 1.807) is 6.07 Å². The van der Waals surface area contributed by atoms with Gasteiger partial charge in [-0.05, 0) is 158 Å². The van der Waals surface area contributed by atoms with Gasteiger partial charge in [0.15, 0.2) is 5.82 Å². The molecule has 0 atom stereocenters. The molecule has 0 saturated heterocycles. The van der Waals surface area contributed by atoms with Gasteiger partial charge >= 0.3 is 36.4 Å². The number of carbonyl (C=O) groups excluding carboxylic acids is 3. The van der Waals surface area contributed by atoms with Crippen LogP contribution in [0.25, 0.3) is 0 Å². The van der Waals surface area contributed by atoms with E-state index in [1.165, 1.54) is 72.8 Å². The summed E-state index contributed by atoms with van der Waals surface area (Å²) < 4.78 is 90.5. The third-order valence-corrected chi connectivity index (χ3v) is 12.2. The van der Waals surface area contributed by atoms with Crippen LogP contribution in [0.15, 0.2) is 91.0 Å². The number of nitrogens with one attached hydrogen (secondary N) is 10. The van der Waals surface area contributed by atoms with E-state index >= 15 is 0 Å². The van der Waals surface area contributed by atoms with Gasteiger partial charge in [0, 0.05) is 86.9 Å². The Balaban J connectivity index is 0.000000210. The maximum atomic E-state index is 12.9. The van der Waals surface area contributed by atoms with Crippen LogP contribution in [0.2, 0.25) is 0 Å². The summed E-state index contributed by atoms with van der Waals surface area (Å²) in [5.74, 6) is 3.06. The highest BCUT2D eigenvalue weighted by molar-refractivity contribution is 6.00. The van der Waals surface area contributed by atoms with Crippen LogP contribution in [0.5, 0.6) is 17.2 Å². The molecular formula is C58H75F6N17O7. The van der Waals surface area contributed by atoms with E-state index in [9.17, 15) is 40.7 Å². The smallest absolute Gasteiger partial charge is 0.394 e. The Kier molecular flexibility index (Phi) is 24.4. The topological polar surface area (TPSA) is 300 Å². The van der Waals surface area contributed by atoms with E-state index in [4.69, 9.17) is 5.21 Å². The Bertz CT molecular complexity index is 3200. The Morgan fingerprint density at radius 3 is 1.08 bits per heavy atom. The highest BCUT2D eigenvalue weighted by Gasteiger charge is 2.30. The first-order valence-corrected chi connectivity index (χ1v) is 27.9. The van der Waals surface area contributed by atoms with E-state index < -0.39 is 36.4 Å². The van der Waals surface area contributed by atoms with E-state index in [1.807, 2.05) is 38.8 Å². The van der Waals surface area contributed by atoms with Crippen molar-refractivity contribution in [2.45, 2.75) is 116 Å². The highest BCUT2D eigenvalue weighted by Crippen LogP contribution is 2.42. The molecule has 3 saturated carbocycles. The summed E-state index contributed by atoms with van der Waals surface area (Å²) >= 11 is 0. The van der Waals surface area contributed by atoms with Gasteiger partial charge in [-0.2, -0.15) is 41.3 Å². The van der Waals surface area contributed by atoms with Crippen molar-refractivity contribution in [2.24, 2.45) is 0 Å². The molecule has 3 heterocycles. The van der Waals surface area contributed by atoms with Gasteiger partial charge in [0.1, 0.15) is 28.9 Å². The quantitative estimate of drug-likeness (QED) is 0.0137. The molecule has 0 bridgehead atoms. The molecule has 3 aliphatic rings. The number of benzene rings is 3. The molecule has 9 rings (SSSR count). The molecule has 88 heavy (non-hydrogen) atoms. The van der Waals surface area contributed by atoms with E-state index in [0.29, 0.717) is 67.2 Å². The fourth-order valence-electron chi connectivity index (χ4n) is 7.89. The Morgan fingerprint density at radius 2 is 0.795 bits per heavy atom. The van der Waals surface area contributed by atoms with Gasteiger partial charge in [0.05, 0.1) is 17.1 Å². The van der Waals surface area contributed by atoms with Crippen molar-refractivity contribution in [3.05, 3.63) is 108 Å². The zero-order valence-electron chi connectivity index (χ0n) is 48.7. The maximum Gasteiger partial charge on any atom is 0.394 e. The second-order valence-corrected chi connectivity index (χ2v) is 20.9. The summed E-state index contributed by atoms with van der Waals surface area (Å²) in [6.07, 6.45) is -1.62. The van der Waals surface area contributed by atoms with Gasteiger partial charge in [-0.25, -0.2) is 29.3 Å². The second kappa shape index (κ2) is 31.6. The predicted octanol–water partition coefficient (Wildman–Crippen LogP) is 12.8. The lowest BCUT2D eigenvalue weighted by molar-refractivity contribution is -0.159. The molecule has 0 spiro atoms. The van der Waals surface area contributed by atoms with Crippen molar-refractivity contribution in [3.8, 4) is 17.2 Å². The number of urea groups is 3. The average molecular weight is 1240 g/mol. The molecule has 6 aromatic rings. The first-order valence-electron chi connectivity index (χ1n) is 27.9. The second-order valence-electron chi connectivity index (χ2n) is 20.9. The number of ether oxygens (including phenoxy) is 3. The Hall–Kier alpha value is -9.03. The number of hydrogen-bond acceptors (Lipinski definition) is 18. The maximum absolute atomic E-state index is 12.9. The minimum atomic E-state index is -3.28. The van der Waals surface area contributed by atoms with Crippen molar-refractivity contribution in [2.75, 3.05) is 95.3 Å². The molecule has 476 valence electrons. The Morgan fingerprint density at radius 1 is 0.489 bits per heavy atom. The minimum Gasteiger partial charge on any atom is -0.433 e. The van der Waals surface area contributed by atoms with Crippen LogP contribution in [-0.4, -0.2) is 124 Å². The number of alkyl halides is 6. The number of halogens is 6. The molecular weight excluding hydrogens is 1160 g/mol. The lowest BCUT2D eigenvalue weighted by Crippen LogP contribution is -2.22. The number of rotatable bonds is 26. The largest absolute Gasteiger partial charge is 0.433 e. The number of hydrogen-bond donors (Lipinski definition) is 11. The molecule has 3 aliphatic carbocycles. The summed E-state index contributed by atoms with van der Waals surface area (Å²) in [7, 11) is 5.95. The van der Waals surface area contributed by atoms with Crippen LogP contribution in [0.4, 0.5) is 93.1 Å². The van der Waals surface area contributed by atoms with Gasteiger partial charge in [-0.1, -0.05) is 7.43 Å². The number of aromatic nitrogens is 6. The van der Waals surface area contributed by atoms with Gasteiger partial charge in [0.2, 0.25) is 17.8 Å². The van der Waals surface area contributed by atoms with Gasteiger partial charge in [0.25, 0.3) is 0 Å². The van der Waals surface area contributed by atoms with Crippen molar-refractivity contribution < 1.29 is 60.1 Å². The van der Waals surface area contributed by atoms with Crippen LogP contribution >= 0.6 is 0 Å². The molecule has 0 radical (unpaired) electrons. The van der Waals surface area contributed by atoms with Crippen LogP contribution in [-0.2, 0) is 0 Å². The normalized spacial score (nSPS) is 13.6. The number of anilines is 9. The Labute approximate surface area is 505 Å². The van der Waals surface area contributed by atoms with Crippen molar-refractivity contribution in [1.82, 2.24) is 40.1 Å². The molecule has 6 amide bonds. The van der Waals surface area contributed by atoms with Crippen molar-refractivity contribution in [1.29, 1.82) is 0 Å². The summed E-state index contributed by atoms with van der Waals surface area (Å²) in [4.78, 5) is 64.7. The fourth-order valence-corrected chi connectivity index (χ4v) is 7.89. The van der Waals surface area contributed by atoms with Crippen LogP contribution in [0.1, 0.15) is 114 Å². The van der Waals surface area contributed by atoms with E-state index in [2.05, 4.69) is 96.9 Å². The summed E-state index contributed by atoms with van der Waals surface area (Å²) in [5, 5.41) is 34.2. The number of nitrogens with zero attached hydrogens (tertiary/aromatic N) is 7. The molecule has 30 heteroatoms. The van der Waals surface area contributed by atoms with Gasteiger partial charge in [-0.3, -0.25) is 26.6 Å². The van der Waals surface area contributed by atoms with Crippen LogP contribution in [0, 0.1) is 0 Å². The monoisotopic (exact) mass is 1240 g/mol. The predicted molar refractivity (Wildman–Crippen MR) is 324 cm³/mol. The summed E-state index contributed by atoms with van der Waals surface area (Å²) in [6.45, 7) is 5.31. The SMILES string of the molecule is C.CC(F)(F)Oc1ccc(NC(=O)Nc2nc(NO)cc(C3CC3)n2)cc1.CN(C)CCCNc1cc(C2CC2)nc(NC(=O)Nc2ccc(OC(C)(F)F)cc2)n1.CNCCCNc1cc(C2CC2)nc(NC(=O)Nc2ccc(OC(C)(F)F)cc2)n1. The average Bonchev–Trinajstić information content (AvgIpc) is 3.43. The number of amides is 6. The molecule has 3 aromatic carbocycles. The third kappa shape index (κ3) is 25.5. The fraction of sp³-hybridized carbons (Fsp3) is 0.431. The van der Waals surface area contributed by atoms with Crippen molar-refractivity contribution >= 4 is 70.5 Å². The van der Waals surface area contributed by atoms with Crippen molar-refractivity contribution in [3.63, 3.8) is 0 Å². The standard InChI is InChI=1S/C21H28F2N6O2.C20H26F2N6O2.C16H17F2N5O3.CH4/c1-21(22,23)31-16-9-7-15(8-10-16)25-20(30)28-19-26-17(14-5-6-14)13-18(27-19)24-11-4-12-29(2)3;1-20(21,22)30-15-8-6-14(7-9-15)25-19(29)28-18-26-16(13-4-5-13)12-17(27-18)24-11-3-10-23-2;1-16(17,18)26-11-6-4-10(5-7-11)19-15(24)22-14-20-12(9-2-3-9)8-13(21-14)23-25;/h7-10,13-14H,4-6,11-12H2,1-3H3,(H3,24,25,26,27,28,30);6-9,12-13,23H,3-5,10-11H2,1-2H3,(H3,24,25,26,27,28,29);4-9,25H,2-3H2,1H3,(H3,19,20,21,22,23,24);1H4. The molecule has 11 N–H and O–H groups in total. The summed E-state index contributed by atoms with van der Waals surface area (Å²) in [6, 6.07) is 20.5. The molecule has 0 unspecified atom stereocenters. The third-order valence-electron chi connectivity index (χ3n) is 12.2. The highest BCUT2D eigenvalue weighted by atomic mass is 19.3.